The summed E-state index contributed by atoms with van der Waals surface area (Å²) in [6, 6.07) is 21.6. The fraction of sp³-hybridized carbons (Fsp3) is 0.125. The zero-order valence-electron chi connectivity index (χ0n) is 22.3. The Bertz CT molecular complexity index is 1840. The molecule has 2 N–H and O–H groups in total. The van der Waals surface area contributed by atoms with Gasteiger partial charge in [-0.1, -0.05) is 24.3 Å². The molecular weight excluding hydrogens is 536 g/mol. The van der Waals surface area contributed by atoms with Gasteiger partial charge in [0.25, 0.3) is 23.6 Å². The summed E-state index contributed by atoms with van der Waals surface area (Å²) in [6.07, 6.45) is 0. The van der Waals surface area contributed by atoms with Crippen molar-refractivity contribution in [3.8, 4) is 0 Å². The largest absolute Gasteiger partial charge is 0.321 e. The first-order chi connectivity index (χ1) is 19.9. The van der Waals surface area contributed by atoms with Gasteiger partial charge in [0, 0.05) is 57.1 Å². The Morgan fingerprint density at radius 2 is 1.07 bits per heavy atom. The first kappa shape index (κ1) is 25.0. The zero-order chi connectivity index (χ0) is 28.4. The van der Waals surface area contributed by atoms with Crippen LogP contribution in [0.4, 0.5) is 22.7 Å². The van der Waals surface area contributed by atoms with Crippen LogP contribution in [0.2, 0.25) is 0 Å². The summed E-state index contributed by atoms with van der Waals surface area (Å²) in [5, 5.41) is 9.17. The lowest BCUT2D eigenvalue weighted by Gasteiger charge is -2.15. The van der Waals surface area contributed by atoms with E-state index in [-0.39, 0.29) is 23.6 Å². The molecule has 202 valence electrons. The monoisotopic (exact) mass is 560 g/mol. The van der Waals surface area contributed by atoms with Crippen LogP contribution in [0.15, 0.2) is 72.8 Å². The molecule has 0 unspecified atom stereocenters. The first-order valence-electron chi connectivity index (χ1n) is 13.4. The van der Waals surface area contributed by atoms with E-state index in [2.05, 4.69) is 10.6 Å². The van der Waals surface area contributed by atoms with Crippen LogP contribution < -0.4 is 20.4 Å². The minimum Gasteiger partial charge on any atom is -0.321 e. The van der Waals surface area contributed by atoms with Crippen molar-refractivity contribution in [2.45, 2.75) is 13.8 Å². The molecule has 4 amide bonds. The second-order valence-corrected chi connectivity index (χ2v) is 11.0. The lowest BCUT2D eigenvalue weighted by molar-refractivity contribution is 0.0986. The molecule has 0 atom stereocenters. The van der Waals surface area contributed by atoms with E-state index in [1.165, 1.54) is 0 Å². The Morgan fingerprint density at radius 3 is 1.49 bits per heavy atom. The minimum atomic E-state index is -0.338. The van der Waals surface area contributed by atoms with Crippen molar-refractivity contribution in [1.29, 1.82) is 0 Å². The summed E-state index contributed by atoms with van der Waals surface area (Å²) in [4.78, 5) is 56.3. The lowest BCUT2D eigenvalue weighted by atomic mass is 10.0. The van der Waals surface area contributed by atoms with Gasteiger partial charge in [-0.15, -0.1) is 11.3 Å². The van der Waals surface area contributed by atoms with Gasteiger partial charge in [0.15, 0.2) is 0 Å². The van der Waals surface area contributed by atoms with Crippen LogP contribution in [-0.4, -0.2) is 36.7 Å². The van der Waals surface area contributed by atoms with Crippen LogP contribution in [-0.2, 0) is 0 Å². The van der Waals surface area contributed by atoms with Crippen molar-refractivity contribution >= 4 is 79.3 Å². The maximum atomic E-state index is 13.2. The number of hydrogen-bond acceptors (Lipinski definition) is 5. The normalized spacial score (nSPS) is 13.5. The van der Waals surface area contributed by atoms with E-state index >= 15 is 0 Å². The van der Waals surface area contributed by atoms with Gasteiger partial charge in [0.05, 0.1) is 21.1 Å². The molecule has 4 aromatic carbocycles. The molecule has 2 aliphatic rings. The van der Waals surface area contributed by atoms with E-state index < -0.39 is 0 Å². The number of nitrogens with one attached hydrogen (secondary N) is 2. The van der Waals surface area contributed by atoms with Crippen molar-refractivity contribution < 1.29 is 19.2 Å². The molecule has 41 heavy (non-hydrogen) atoms. The highest BCUT2D eigenvalue weighted by molar-refractivity contribution is 7.16. The Hall–Kier alpha value is -5.02. The number of carbonyl (C=O) groups excluding carboxylic acids is 4. The van der Waals surface area contributed by atoms with E-state index in [4.69, 9.17) is 0 Å². The van der Waals surface area contributed by atoms with Crippen LogP contribution in [0.3, 0.4) is 0 Å². The van der Waals surface area contributed by atoms with Crippen LogP contribution >= 0.6 is 11.3 Å². The second-order valence-electron chi connectivity index (χ2n) is 9.89. The SMILES string of the molecule is CCN1C(=O)c2cccc3c(NC(=O)c4ccc(C(=O)Nc5ccc6c7c(cccc57)C(=O)N6CC)s4)ccc1c23. The van der Waals surface area contributed by atoms with Crippen LogP contribution in [0.5, 0.6) is 0 Å². The highest BCUT2D eigenvalue weighted by Crippen LogP contribution is 2.42. The maximum absolute atomic E-state index is 13.2. The van der Waals surface area contributed by atoms with Gasteiger partial charge >= 0.3 is 0 Å². The quantitative estimate of drug-likeness (QED) is 0.247. The molecular formula is C32H24N4O4S. The van der Waals surface area contributed by atoms with E-state index in [1.807, 2.05) is 62.4 Å². The molecule has 3 heterocycles. The molecule has 2 aliphatic heterocycles. The summed E-state index contributed by atoms with van der Waals surface area (Å²) < 4.78 is 0. The fourth-order valence-electron chi connectivity index (χ4n) is 5.89. The minimum absolute atomic E-state index is 0.0416. The van der Waals surface area contributed by atoms with Crippen molar-refractivity contribution in [2.75, 3.05) is 33.5 Å². The highest BCUT2D eigenvalue weighted by Gasteiger charge is 2.31. The molecule has 8 nitrogen and oxygen atoms in total. The van der Waals surface area contributed by atoms with Gasteiger partial charge in [-0.25, -0.2) is 0 Å². The average molecular weight is 561 g/mol. The smallest absolute Gasteiger partial charge is 0.265 e. The number of rotatable bonds is 6. The van der Waals surface area contributed by atoms with Gasteiger partial charge in [0.2, 0.25) is 0 Å². The molecule has 0 spiro atoms. The predicted molar refractivity (Wildman–Crippen MR) is 163 cm³/mol. The van der Waals surface area contributed by atoms with E-state index in [9.17, 15) is 19.2 Å². The summed E-state index contributed by atoms with van der Waals surface area (Å²) in [5.74, 6) is -0.759. The third-order valence-corrected chi connectivity index (χ3v) is 8.84. The fourth-order valence-corrected chi connectivity index (χ4v) is 6.68. The number of thiophene rings is 1. The van der Waals surface area contributed by atoms with Crippen LogP contribution in [0, 0.1) is 0 Å². The first-order valence-corrected chi connectivity index (χ1v) is 14.2. The summed E-state index contributed by atoms with van der Waals surface area (Å²) >= 11 is 1.10. The van der Waals surface area contributed by atoms with Crippen LogP contribution in [0.25, 0.3) is 21.5 Å². The second kappa shape index (κ2) is 9.28. The lowest BCUT2D eigenvalue weighted by Crippen LogP contribution is -2.25. The van der Waals surface area contributed by atoms with Crippen molar-refractivity contribution in [2.24, 2.45) is 0 Å². The van der Waals surface area contributed by atoms with Gasteiger partial charge < -0.3 is 20.4 Å². The van der Waals surface area contributed by atoms with Crippen LogP contribution in [0.1, 0.15) is 53.9 Å². The summed E-state index contributed by atoms with van der Waals surface area (Å²) in [6.45, 7) is 4.99. The van der Waals surface area contributed by atoms with Gasteiger partial charge in [0.1, 0.15) is 0 Å². The number of carbonyl (C=O) groups is 4. The molecule has 0 aliphatic carbocycles. The Morgan fingerprint density at radius 1 is 0.634 bits per heavy atom. The topological polar surface area (TPSA) is 98.8 Å². The van der Waals surface area contributed by atoms with Gasteiger partial charge in [-0.3, -0.25) is 19.2 Å². The number of amides is 4. The number of nitrogens with zero attached hydrogens (tertiary/aromatic N) is 2. The molecule has 1 aromatic heterocycles. The average Bonchev–Trinajstić information content (AvgIpc) is 3.67. The third kappa shape index (κ3) is 3.66. The number of anilines is 4. The van der Waals surface area contributed by atoms with Crippen molar-refractivity contribution in [1.82, 2.24) is 0 Å². The Balaban J connectivity index is 1.14. The molecule has 9 heteroatoms. The molecule has 0 saturated heterocycles. The van der Waals surface area contributed by atoms with Gasteiger partial charge in [-0.2, -0.15) is 0 Å². The van der Waals surface area contributed by atoms with E-state index in [0.29, 0.717) is 45.3 Å². The predicted octanol–water partition coefficient (Wildman–Crippen LogP) is 6.52. The molecule has 5 aromatic rings. The third-order valence-electron chi connectivity index (χ3n) is 7.75. The Labute approximate surface area is 239 Å². The summed E-state index contributed by atoms with van der Waals surface area (Å²) in [7, 11) is 0. The molecule has 0 saturated carbocycles. The van der Waals surface area contributed by atoms with E-state index in [0.717, 1.165) is 44.3 Å². The summed E-state index contributed by atoms with van der Waals surface area (Å²) in [5.41, 5.74) is 4.13. The van der Waals surface area contributed by atoms with Crippen molar-refractivity contribution in [3.63, 3.8) is 0 Å². The van der Waals surface area contributed by atoms with Crippen molar-refractivity contribution in [3.05, 3.63) is 93.7 Å². The molecule has 0 fully saturated rings. The zero-order valence-corrected chi connectivity index (χ0v) is 23.1. The molecule has 0 radical (unpaired) electrons. The van der Waals surface area contributed by atoms with Gasteiger partial charge in [-0.05, 0) is 62.4 Å². The number of benzene rings is 4. The molecule has 0 bridgehead atoms. The Kier molecular flexibility index (Phi) is 5.65. The number of hydrogen-bond donors (Lipinski definition) is 2. The maximum Gasteiger partial charge on any atom is 0.265 e. The highest BCUT2D eigenvalue weighted by atomic mass is 32.1. The van der Waals surface area contributed by atoms with E-state index in [1.54, 1.807) is 34.1 Å². The molecule has 7 rings (SSSR count). The standard InChI is InChI=1S/C32H24N4O4S/c1-3-35-23-13-11-21(17-7-5-9-19(27(17)23)31(35)39)33-29(37)25-15-16-26(41-25)30(38)34-22-12-14-24-28-18(22)8-6-10-20(28)32(40)36(24)4-2/h5-16H,3-4H2,1-2H3,(H,33,37)(H,34,38).